The van der Waals surface area contributed by atoms with E-state index >= 15 is 0 Å². The van der Waals surface area contributed by atoms with E-state index in [9.17, 15) is 8.78 Å². The van der Waals surface area contributed by atoms with Crippen molar-refractivity contribution in [1.82, 2.24) is 9.80 Å². The highest BCUT2D eigenvalue weighted by atomic mass is 19.1. The molecule has 38 heavy (non-hydrogen) atoms. The van der Waals surface area contributed by atoms with Crippen LogP contribution < -0.4 is 9.80 Å². The second-order valence-corrected chi connectivity index (χ2v) is 11.2. The highest BCUT2D eigenvalue weighted by Gasteiger charge is 2.57. The molecule has 2 aromatic carbocycles. The molecule has 0 amide bonds. The van der Waals surface area contributed by atoms with Crippen LogP contribution in [0.25, 0.3) is 0 Å². The van der Waals surface area contributed by atoms with Crippen LogP contribution in [0.1, 0.15) is 43.2 Å². The summed E-state index contributed by atoms with van der Waals surface area (Å²) in [5, 5.41) is 18.1. The quantitative estimate of drug-likeness (QED) is 0.594. The molecule has 198 valence electrons. The van der Waals surface area contributed by atoms with Gasteiger partial charge in [0.25, 0.3) is 0 Å². The molecule has 2 saturated carbocycles. The summed E-state index contributed by atoms with van der Waals surface area (Å²) in [7, 11) is 0. The average molecular weight is 517 g/mol. The van der Waals surface area contributed by atoms with Gasteiger partial charge in [0, 0.05) is 63.7 Å². The van der Waals surface area contributed by atoms with Gasteiger partial charge in [-0.2, -0.15) is 10.5 Å². The third-order valence-electron chi connectivity index (χ3n) is 9.67. The maximum atomic E-state index is 14.3. The molecule has 2 aliphatic heterocycles. The first-order chi connectivity index (χ1) is 18.5. The number of fused-ring (bicyclic) bond motifs is 1. The Morgan fingerprint density at radius 1 is 0.684 bits per heavy atom. The van der Waals surface area contributed by atoms with E-state index in [2.05, 4.69) is 19.6 Å². The van der Waals surface area contributed by atoms with Crippen molar-refractivity contribution in [3.63, 3.8) is 0 Å². The van der Waals surface area contributed by atoms with Crippen LogP contribution in [0, 0.1) is 46.1 Å². The lowest BCUT2D eigenvalue weighted by molar-refractivity contribution is -0.0952. The van der Waals surface area contributed by atoms with Crippen molar-refractivity contribution in [1.29, 1.82) is 10.5 Å². The standard InChI is InChI=1S/C30H34F2N6/c31-28-18-25(6-4-23(28)20-33)35-10-14-37(15-11-35)30(9-8-22-2-1-3-27(22)30)38-16-12-36(13-17-38)26-7-5-24(21-34)29(32)19-26/h4-7,18-19,22,27H,1-3,8-17H2. The van der Waals surface area contributed by atoms with Crippen LogP contribution in [0.15, 0.2) is 36.4 Å². The van der Waals surface area contributed by atoms with Gasteiger partial charge in [0.15, 0.2) is 0 Å². The maximum absolute atomic E-state index is 14.3. The van der Waals surface area contributed by atoms with Crippen LogP contribution in [0.2, 0.25) is 0 Å². The van der Waals surface area contributed by atoms with Crippen molar-refractivity contribution in [3.8, 4) is 12.1 Å². The Morgan fingerprint density at radius 3 is 1.63 bits per heavy atom. The van der Waals surface area contributed by atoms with Crippen LogP contribution in [-0.2, 0) is 0 Å². The molecule has 0 bridgehead atoms. The van der Waals surface area contributed by atoms with Gasteiger partial charge in [-0.3, -0.25) is 9.80 Å². The van der Waals surface area contributed by atoms with Crippen molar-refractivity contribution >= 4 is 11.4 Å². The van der Waals surface area contributed by atoms with E-state index in [4.69, 9.17) is 10.5 Å². The number of rotatable bonds is 4. The molecule has 0 aromatic heterocycles. The number of nitriles is 2. The lowest BCUT2D eigenvalue weighted by Crippen LogP contribution is -2.69. The Bertz CT molecular complexity index is 1180. The van der Waals surface area contributed by atoms with Gasteiger partial charge in [0.05, 0.1) is 16.8 Å². The first-order valence-electron chi connectivity index (χ1n) is 13.9. The number of benzene rings is 2. The molecule has 2 atom stereocenters. The molecule has 2 aliphatic carbocycles. The van der Waals surface area contributed by atoms with E-state index in [0.717, 1.165) is 69.7 Å². The van der Waals surface area contributed by atoms with Crippen molar-refractivity contribution < 1.29 is 8.78 Å². The fraction of sp³-hybridized carbons (Fsp3) is 0.533. The van der Waals surface area contributed by atoms with Gasteiger partial charge in [0.2, 0.25) is 0 Å². The summed E-state index contributed by atoms with van der Waals surface area (Å²) in [5.41, 5.74) is 1.94. The Morgan fingerprint density at radius 2 is 1.18 bits per heavy atom. The molecule has 6 rings (SSSR count). The molecule has 8 heteroatoms. The monoisotopic (exact) mass is 516 g/mol. The molecule has 0 spiro atoms. The number of halogens is 2. The second-order valence-electron chi connectivity index (χ2n) is 11.2. The third-order valence-corrected chi connectivity index (χ3v) is 9.67. The van der Waals surface area contributed by atoms with Crippen LogP contribution in [0.3, 0.4) is 0 Å². The zero-order chi connectivity index (χ0) is 26.3. The first kappa shape index (κ1) is 25.1. The fourth-order valence-electron chi connectivity index (χ4n) is 7.85. The minimum atomic E-state index is -0.450. The summed E-state index contributed by atoms with van der Waals surface area (Å²) in [5.74, 6) is 0.577. The molecule has 2 saturated heterocycles. The van der Waals surface area contributed by atoms with E-state index in [-0.39, 0.29) is 16.8 Å². The summed E-state index contributed by atoms with van der Waals surface area (Å²) >= 11 is 0. The average Bonchev–Trinajstić information content (AvgIpc) is 3.57. The lowest BCUT2D eigenvalue weighted by atomic mass is 9.87. The fourth-order valence-corrected chi connectivity index (χ4v) is 7.85. The number of piperazine rings is 2. The third kappa shape index (κ3) is 4.21. The number of anilines is 2. The van der Waals surface area contributed by atoms with Crippen molar-refractivity contribution in [2.45, 2.75) is 37.8 Å². The molecule has 2 heterocycles. The smallest absolute Gasteiger partial charge is 0.143 e. The van der Waals surface area contributed by atoms with Crippen LogP contribution >= 0.6 is 0 Å². The second kappa shape index (κ2) is 10.2. The lowest BCUT2D eigenvalue weighted by Gasteiger charge is -2.56. The van der Waals surface area contributed by atoms with Crippen molar-refractivity contribution in [2.24, 2.45) is 11.8 Å². The maximum Gasteiger partial charge on any atom is 0.143 e. The van der Waals surface area contributed by atoms with Gasteiger partial charge in [0.1, 0.15) is 23.8 Å². The van der Waals surface area contributed by atoms with E-state index in [0.29, 0.717) is 5.92 Å². The molecular weight excluding hydrogens is 482 g/mol. The summed E-state index contributed by atoms with van der Waals surface area (Å²) in [4.78, 5) is 9.95. The van der Waals surface area contributed by atoms with Crippen LogP contribution in [0.4, 0.5) is 20.2 Å². The number of hydrogen-bond donors (Lipinski definition) is 0. The molecule has 0 N–H and O–H groups in total. The Balaban J connectivity index is 1.18. The Kier molecular flexibility index (Phi) is 6.72. The summed E-state index contributed by atoms with van der Waals surface area (Å²) in [6, 6.07) is 13.7. The van der Waals surface area contributed by atoms with E-state index < -0.39 is 11.6 Å². The van der Waals surface area contributed by atoms with Crippen molar-refractivity contribution in [2.75, 3.05) is 62.2 Å². The van der Waals surface area contributed by atoms with Gasteiger partial charge in [-0.05, 0) is 67.5 Å². The largest absolute Gasteiger partial charge is 0.369 e. The molecule has 2 unspecified atom stereocenters. The predicted octanol–water partition coefficient (Wildman–Crippen LogP) is 4.56. The highest BCUT2D eigenvalue weighted by molar-refractivity contribution is 5.52. The molecule has 0 radical (unpaired) electrons. The Labute approximate surface area is 223 Å². The van der Waals surface area contributed by atoms with E-state index in [1.54, 1.807) is 12.1 Å². The first-order valence-corrected chi connectivity index (χ1v) is 13.9. The van der Waals surface area contributed by atoms with Gasteiger partial charge < -0.3 is 9.80 Å². The highest BCUT2D eigenvalue weighted by Crippen LogP contribution is 2.54. The number of nitrogens with zero attached hydrogens (tertiary/aromatic N) is 6. The SMILES string of the molecule is N#Cc1ccc(N2CCN(C3(N4CCN(c5ccc(C#N)c(F)c5)CC4)CCC4CCCC43)CC2)cc1F. The van der Waals surface area contributed by atoms with Gasteiger partial charge >= 0.3 is 0 Å². The number of hydrogen-bond acceptors (Lipinski definition) is 6. The topological polar surface area (TPSA) is 60.5 Å². The molecule has 6 nitrogen and oxygen atoms in total. The normalized spacial score (nSPS) is 25.7. The zero-order valence-electron chi connectivity index (χ0n) is 21.8. The summed E-state index contributed by atoms with van der Waals surface area (Å²) in [6.07, 6.45) is 6.41. The predicted molar refractivity (Wildman–Crippen MR) is 143 cm³/mol. The molecular formula is C30H34F2N6. The van der Waals surface area contributed by atoms with Crippen LogP contribution in [-0.4, -0.2) is 67.8 Å². The summed E-state index contributed by atoms with van der Waals surface area (Å²) in [6.45, 7) is 7.11. The molecule has 4 aliphatic rings. The van der Waals surface area contributed by atoms with Gasteiger partial charge in [-0.1, -0.05) is 12.8 Å². The van der Waals surface area contributed by atoms with Crippen molar-refractivity contribution in [3.05, 3.63) is 59.2 Å². The Hall–Kier alpha value is -3.20. The molecule has 2 aromatic rings. The minimum absolute atomic E-state index is 0.0607. The van der Waals surface area contributed by atoms with E-state index in [1.807, 2.05) is 24.3 Å². The summed E-state index contributed by atoms with van der Waals surface area (Å²) < 4.78 is 28.6. The molecule has 4 fully saturated rings. The van der Waals surface area contributed by atoms with Gasteiger partial charge in [-0.25, -0.2) is 8.78 Å². The van der Waals surface area contributed by atoms with Gasteiger partial charge in [-0.15, -0.1) is 0 Å². The zero-order valence-corrected chi connectivity index (χ0v) is 21.8. The van der Waals surface area contributed by atoms with E-state index in [1.165, 1.54) is 44.2 Å². The van der Waals surface area contributed by atoms with Crippen LogP contribution in [0.5, 0.6) is 0 Å². The minimum Gasteiger partial charge on any atom is -0.369 e.